The maximum absolute atomic E-state index is 3.91. The summed E-state index contributed by atoms with van der Waals surface area (Å²) in [4.78, 5) is 0. The predicted octanol–water partition coefficient (Wildman–Crippen LogP) is 3.33. The van der Waals surface area contributed by atoms with Crippen LogP contribution in [-0.2, 0) is 0 Å². The molecule has 0 aliphatic carbocycles. The molecule has 0 aromatic heterocycles. The Labute approximate surface area is 64.0 Å². The Morgan fingerprint density at radius 1 is 1.30 bits per heavy atom. The van der Waals surface area contributed by atoms with Crippen molar-refractivity contribution >= 4 is 0 Å². The van der Waals surface area contributed by atoms with Gasteiger partial charge in [0, 0.05) is 0 Å². The highest BCUT2D eigenvalue weighted by atomic mass is 14.0. The summed E-state index contributed by atoms with van der Waals surface area (Å²) in [7, 11) is 0. The first-order chi connectivity index (χ1) is 4.68. The SMILES string of the molecule is C=C(C=CC=CC)C(C)C. The topological polar surface area (TPSA) is 0 Å². The Morgan fingerprint density at radius 3 is 2.30 bits per heavy atom. The van der Waals surface area contributed by atoms with E-state index in [-0.39, 0.29) is 0 Å². The molecule has 0 radical (unpaired) electrons. The van der Waals surface area contributed by atoms with Gasteiger partial charge < -0.3 is 0 Å². The number of hydrogen-bond donors (Lipinski definition) is 0. The van der Waals surface area contributed by atoms with E-state index in [2.05, 4.69) is 20.4 Å². The Bertz CT molecular complexity index is 147. The zero-order valence-corrected chi connectivity index (χ0v) is 7.09. The molecule has 0 saturated heterocycles. The van der Waals surface area contributed by atoms with E-state index in [4.69, 9.17) is 0 Å². The lowest BCUT2D eigenvalue weighted by atomic mass is 10.1. The van der Waals surface area contributed by atoms with Gasteiger partial charge in [-0.2, -0.15) is 0 Å². The summed E-state index contributed by atoms with van der Waals surface area (Å²) in [6.45, 7) is 10.2. The van der Waals surface area contributed by atoms with E-state index in [0.29, 0.717) is 5.92 Å². The van der Waals surface area contributed by atoms with Crippen molar-refractivity contribution in [2.24, 2.45) is 5.92 Å². The average Bonchev–Trinajstić information content (AvgIpc) is 1.88. The summed E-state index contributed by atoms with van der Waals surface area (Å²) in [5, 5.41) is 0. The van der Waals surface area contributed by atoms with E-state index in [1.54, 1.807) is 0 Å². The van der Waals surface area contributed by atoms with Crippen molar-refractivity contribution in [1.29, 1.82) is 0 Å². The van der Waals surface area contributed by atoms with Gasteiger partial charge in [-0.15, -0.1) is 0 Å². The third-order valence-electron chi connectivity index (χ3n) is 1.36. The van der Waals surface area contributed by atoms with E-state index in [1.807, 2.05) is 31.2 Å². The van der Waals surface area contributed by atoms with Crippen molar-refractivity contribution in [2.45, 2.75) is 20.8 Å². The maximum Gasteiger partial charge on any atom is -0.0225 e. The van der Waals surface area contributed by atoms with Gasteiger partial charge in [-0.3, -0.25) is 0 Å². The molecule has 0 aromatic rings. The second kappa shape index (κ2) is 5.04. The summed E-state index contributed by atoms with van der Waals surface area (Å²) < 4.78 is 0. The molecule has 0 saturated carbocycles. The lowest BCUT2D eigenvalue weighted by molar-refractivity contribution is 0.795. The highest BCUT2D eigenvalue weighted by molar-refractivity contribution is 5.20. The molecule has 0 aliphatic heterocycles. The molecule has 0 nitrogen and oxygen atoms in total. The van der Waals surface area contributed by atoms with Gasteiger partial charge in [0.15, 0.2) is 0 Å². The Morgan fingerprint density at radius 2 is 1.90 bits per heavy atom. The Kier molecular flexibility index (Phi) is 4.65. The van der Waals surface area contributed by atoms with Gasteiger partial charge in [-0.1, -0.05) is 50.3 Å². The van der Waals surface area contributed by atoms with Crippen molar-refractivity contribution < 1.29 is 0 Å². The minimum Gasteiger partial charge on any atom is -0.0956 e. The van der Waals surface area contributed by atoms with E-state index in [9.17, 15) is 0 Å². The molecule has 0 spiro atoms. The summed E-state index contributed by atoms with van der Waals surface area (Å²) >= 11 is 0. The Balaban J connectivity index is 3.78. The zero-order valence-electron chi connectivity index (χ0n) is 7.09. The van der Waals surface area contributed by atoms with Crippen molar-refractivity contribution in [3.63, 3.8) is 0 Å². The van der Waals surface area contributed by atoms with Crippen molar-refractivity contribution in [3.05, 3.63) is 36.5 Å². The minimum atomic E-state index is 0.557. The monoisotopic (exact) mass is 136 g/mol. The molecule has 56 valence electrons. The van der Waals surface area contributed by atoms with Crippen LogP contribution in [0, 0.1) is 5.92 Å². The fourth-order valence-electron chi connectivity index (χ4n) is 0.483. The van der Waals surface area contributed by atoms with Crippen LogP contribution in [0.2, 0.25) is 0 Å². The van der Waals surface area contributed by atoms with Crippen LogP contribution >= 0.6 is 0 Å². The number of rotatable bonds is 3. The molecular weight excluding hydrogens is 120 g/mol. The van der Waals surface area contributed by atoms with Gasteiger partial charge in [0.25, 0.3) is 0 Å². The van der Waals surface area contributed by atoms with Crippen LogP contribution in [0.4, 0.5) is 0 Å². The van der Waals surface area contributed by atoms with Crippen LogP contribution in [0.5, 0.6) is 0 Å². The molecule has 0 amide bonds. The number of allylic oxidation sites excluding steroid dienone is 5. The lowest BCUT2D eigenvalue weighted by Gasteiger charge is -2.00. The third kappa shape index (κ3) is 4.13. The molecular formula is C10H16. The van der Waals surface area contributed by atoms with Crippen molar-refractivity contribution in [1.82, 2.24) is 0 Å². The fourth-order valence-corrected chi connectivity index (χ4v) is 0.483. The van der Waals surface area contributed by atoms with Gasteiger partial charge in [0.05, 0.1) is 0 Å². The molecule has 0 fully saturated rings. The molecule has 0 aromatic carbocycles. The van der Waals surface area contributed by atoms with E-state index in [0.717, 1.165) is 0 Å². The third-order valence-corrected chi connectivity index (χ3v) is 1.36. The van der Waals surface area contributed by atoms with Gasteiger partial charge in [0.2, 0.25) is 0 Å². The summed E-state index contributed by atoms with van der Waals surface area (Å²) in [5.74, 6) is 0.557. The van der Waals surface area contributed by atoms with Gasteiger partial charge in [-0.25, -0.2) is 0 Å². The summed E-state index contributed by atoms with van der Waals surface area (Å²) in [6, 6.07) is 0. The lowest BCUT2D eigenvalue weighted by Crippen LogP contribution is -1.86. The highest BCUT2D eigenvalue weighted by Gasteiger charge is 1.91. The molecule has 0 heterocycles. The van der Waals surface area contributed by atoms with Gasteiger partial charge in [0.1, 0.15) is 0 Å². The molecule has 10 heavy (non-hydrogen) atoms. The molecule has 0 bridgehead atoms. The second-order valence-corrected chi connectivity index (χ2v) is 2.61. The number of hydrogen-bond acceptors (Lipinski definition) is 0. The quantitative estimate of drug-likeness (QED) is 0.522. The average molecular weight is 136 g/mol. The molecule has 0 atom stereocenters. The fraction of sp³-hybridized carbons (Fsp3) is 0.400. The molecule has 0 N–H and O–H groups in total. The van der Waals surface area contributed by atoms with E-state index >= 15 is 0 Å². The van der Waals surface area contributed by atoms with Gasteiger partial charge >= 0.3 is 0 Å². The smallest absolute Gasteiger partial charge is 0.0225 e. The van der Waals surface area contributed by atoms with Crippen LogP contribution in [0.25, 0.3) is 0 Å². The van der Waals surface area contributed by atoms with Crippen LogP contribution in [0.3, 0.4) is 0 Å². The van der Waals surface area contributed by atoms with E-state index < -0.39 is 0 Å². The van der Waals surface area contributed by atoms with Crippen LogP contribution in [-0.4, -0.2) is 0 Å². The van der Waals surface area contributed by atoms with Crippen molar-refractivity contribution in [2.75, 3.05) is 0 Å². The first kappa shape index (κ1) is 9.22. The van der Waals surface area contributed by atoms with Crippen LogP contribution in [0.15, 0.2) is 36.5 Å². The van der Waals surface area contributed by atoms with Gasteiger partial charge in [-0.05, 0) is 12.8 Å². The summed E-state index contributed by atoms with van der Waals surface area (Å²) in [6.07, 6.45) is 8.07. The first-order valence-corrected chi connectivity index (χ1v) is 3.66. The maximum atomic E-state index is 3.91. The van der Waals surface area contributed by atoms with E-state index in [1.165, 1.54) is 5.57 Å². The first-order valence-electron chi connectivity index (χ1n) is 3.66. The molecule has 0 heteroatoms. The highest BCUT2D eigenvalue weighted by Crippen LogP contribution is 2.07. The van der Waals surface area contributed by atoms with Crippen molar-refractivity contribution in [3.8, 4) is 0 Å². The standard InChI is InChI=1S/C10H16/c1-5-6-7-8-10(4)9(2)3/h5-9H,4H2,1-3H3. The van der Waals surface area contributed by atoms with Crippen LogP contribution < -0.4 is 0 Å². The second-order valence-electron chi connectivity index (χ2n) is 2.61. The minimum absolute atomic E-state index is 0.557. The molecule has 0 unspecified atom stereocenters. The summed E-state index contributed by atoms with van der Waals surface area (Å²) in [5.41, 5.74) is 1.18. The zero-order chi connectivity index (χ0) is 7.98. The predicted molar refractivity (Wildman–Crippen MR) is 47.9 cm³/mol. The molecule has 0 rings (SSSR count). The molecule has 0 aliphatic rings. The largest absolute Gasteiger partial charge is 0.0956 e. The normalized spacial score (nSPS) is 12.0. The Hall–Kier alpha value is -0.780. The van der Waals surface area contributed by atoms with Crippen LogP contribution in [0.1, 0.15) is 20.8 Å².